The zero-order valence-electron chi connectivity index (χ0n) is 12.9. The number of hydrogen-bond donors (Lipinski definition) is 0. The molecule has 1 rings (SSSR count). The fourth-order valence-electron chi connectivity index (χ4n) is 1.22. The normalized spacial score (nSPS) is 33.3. The molecule has 3 nitrogen and oxygen atoms in total. The molecular formula is C10H10F14O3. The molecule has 1 aliphatic heterocycles. The van der Waals surface area contributed by atoms with Crippen molar-refractivity contribution in [2.45, 2.75) is 43.1 Å². The maximum Gasteiger partial charge on any atom is 0.457 e. The highest BCUT2D eigenvalue weighted by Crippen LogP contribution is 2.57. The Hall–Kier alpha value is -1.10. The molecule has 27 heavy (non-hydrogen) atoms. The van der Waals surface area contributed by atoms with Crippen LogP contribution in [0.3, 0.4) is 0 Å². The molecule has 0 amide bonds. The van der Waals surface area contributed by atoms with Crippen LogP contribution in [0.1, 0.15) is 6.92 Å². The van der Waals surface area contributed by atoms with Gasteiger partial charge in [0.05, 0.1) is 7.18 Å². The van der Waals surface area contributed by atoms with Crippen molar-refractivity contribution in [2.75, 3.05) is 20.7 Å². The van der Waals surface area contributed by atoms with Crippen LogP contribution < -0.4 is 0 Å². The van der Waals surface area contributed by atoms with Crippen molar-refractivity contribution in [1.82, 2.24) is 0 Å². The molecule has 0 saturated carbocycles. The minimum atomic E-state index is -6.69. The van der Waals surface area contributed by atoms with Crippen LogP contribution in [-0.2, 0) is 14.2 Å². The molecule has 1 aliphatic rings. The summed E-state index contributed by atoms with van der Waals surface area (Å²) in [7, 11) is 0.500. The highest BCUT2D eigenvalue weighted by molar-refractivity contribution is 4.96. The van der Waals surface area contributed by atoms with Crippen LogP contribution in [0.2, 0.25) is 0 Å². The van der Waals surface area contributed by atoms with Gasteiger partial charge in [0.25, 0.3) is 0 Å². The van der Waals surface area contributed by atoms with Crippen LogP contribution in [0, 0.1) is 0 Å². The number of halogens is 14. The average Bonchev–Trinajstić information content (AvgIpc) is 2.44. The number of hydrogen-bond acceptors (Lipinski definition) is 3. The minimum absolute atomic E-state index is 0.395. The Bertz CT molecular complexity index is 449. The molecule has 1 heterocycles. The summed E-state index contributed by atoms with van der Waals surface area (Å²) in [4.78, 5) is 0. The smallest absolute Gasteiger partial charge is 0.309 e. The average molecular weight is 444 g/mol. The predicted octanol–water partition coefficient (Wildman–Crippen LogP) is 5.21. The predicted molar refractivity (Wildman–Crippen MR) is 56.5 cm³/mol. The second-order valence-electron chi connectivity index (χ2n) is 4.27. The van der Waals surface area contributed by atoms with Gasteiger partial charge >= 0.3 is 36.2 Å². The van der Waals surface area contributed by atoms with Crippen molar-refractivity contribution in [3.05, 3.63) is 0 Å². The highest BCUT2D eigenvalue weighted by atomic mass is 19.4. The third-order valence-electron chi connectivity index (χ3n) is 2.28. The third kappa shape index (κ3) is 6.48. The second kappa shape index (κ2) is 8.93. The quantitative estimate of drug-likeness (QED) is 0.548. The Balaban J connectivity index is 0. The summed E-state index contributed by atoms with van der Waals surface area (Å²) < 4.78 is 176. The van der Waals surface area contributed by atoms with Crippen molar-refractivity contribution in [3.63, 3.8) is 0 Å². The summed E-state index contributed by atoms with van der Waals surface area (Å²) in [6.45, 7) is -5.05. The van der Waals surface area contributed by atoms with Crippen LogP contribution in [0.4, 0.5) is 61.5 Å². The molecule has 0 N–H and O–H groups in total. The van der Waals surface area contributed by atoms with Gasteiger partial charge in [-0.2, -0.15) is 43.9 Å². The fourth-order valence-corrected chi connectivity index (χ4v) is 1.22. The summed E-state index contributed by atoms with van der Waals surface area (Å²) in [6.07, 6.45) is -17.9. The van der Waals surface area contributed by atoms with Gasteiger partial charge in [-0.1, -0.05) is 0 Å². The van der Waals surface area contributed by atoms with E-state index in [0.29, 0.717) is 7.18 Å². The summed E-state index contributed by atoms with van der Waals surface area (Å²) in [5.74, 6) is -11.0. The van der Waals surface area contributed by atoms with E-state index in [9.17, 15) is 61.5 Å². The molecule has 0 aliphatic carbocycles. The van der Waals surface area contributed by atoms with Crippen molar-refractivity contribution in [2.24, 2.45) is 0 Å². The molecule has 0 radical (unpaired) electrons. The first-order valence-corrected chi connectivity index (χ1v) is 5.90. The van der Waals surface area contributed by atoms with Gasteiger partial charge in [-0.3, -0.25) is 13.9 Å². The van der Waals surface area contributed by atoms with Gasteiger partial charge in [-0.25, -0.2) is 13.2 Å². The Morgan fingerprint density at radius 2 is 1.19 bits per heavy atom. The molecule has 0 aromatic carbocycles. The van der Waals surface area contributed by atoms with Gasteiger partial charge in [0.15, 0.2) is 0 Å². The molecule has 3 unspecified atom stereocenters. The maximum absolute atomic E-state index is 13.7. The van der Waals surface area contributed by atoms with E-state index in [2.05, 4.69) is 14.2 Å². The Morgan fingerprint density at radius 3 is 1.48 bits per heavy atom. The number of ether oxygens (including phenoxy) is 3. The highest BCUT2D eigenvalue weighted by Gasteiger charge is 2.84. The summed E-state index contributed by atoms with van der Waals surface area (Å²) in [5.41, 5.74) is 0. The second-order valence-corrected chi connectivity index (χ2v) is 4.27. The summed E-state index contributed by atoms with van der Waals surface area (Å²) >= 11 is 0. The van der Waals surface area contributed by atoms with Crippen LogP contribution >= 0.6 is 0 Å². The van der Waals surface area contributed by atoms with Gasteiger partial charge in [0, 0.05) is 6.92 Å². The van der Waals surface area contributed by atoms with Gasteiger partial charge in [0.2, 0.25) is 6.93 Å². The van der Waals surface area contributed by atoms with Crippen LogP contribution in [0.25, 0.3) is 0 Å². The van der Waals surface area contributed by atoms with Crippen LogP contribution in [-0.4, -0.2) is 56.9 Å². The molecular weight excluding hydrogens is 434 g/mol. The lowest BCUT2D eigenvalue weighted by molar-refractivity contribution is -0.611. The third-order valence-corrected chi connectivity index (χ3v) is 2.28. The van der Waals surface area contributed by atoms with E-state index in [1.54, 1.807) is 0 Å². The van der Waals surface area contributed by atoms with E-state index >= 15 is 0 Å². The van der Waals surface area contributed by atoms with Gasteiger partial charge in [-0.05, 0) is 0 Å². The topological polar surface area (TPSA) is 27.7 Å². The molecule has 0 aromatic rings. The lowest BCUT2D eigenvalue weighted by Gasteiger charge is -2.48. The largest absolute Gasteiger partial charge is 0.457 e. The fraction of sp³-hybridized carbons (Fsp3) is 1.00. The summed E-state index contributed by atoms with van der Waals surface area (Å²) in [5, 5.41) is 0. The Labute approximate surface area is 141 Å². The molecule has 166 valence electrons. The lowest BCUT2D eigenvalue weighted by Crippen LogP contribution is -2.73. The van der Waals surface area contributed by atoms with Crippen molar-refractivity contribution in [3.8, 4) is 0 Å². The SMILES string of the molecule is CC1(F)OC(F)(OCC(F)(F)F)C(F)(C(F)(F)F)OC1(F)F.CF.FCF. The number of alkyl halides is 14. The zero-order valence-corrected chi connectivity index (χ0v) is 12.9. The standard InChI is InChI=1S/C8H5F11O3.CH2F2.CH3F/c1-3(9)7(17,18)22-5(13,6(14,15)16)8(19,21-3)20-2-4(10,11)12;2-1-3;1-2/h2H2,1H3;1H2;1H3. The first-order chi connectivity index (χ1) is 11.8. The molecule has 0 bridgehead atoms. The van der Waals surface area contributed by atoms with Gasteiger partial charge < -0.3 is 4.74 Å². The molecule has 17 heteroatoms. The number of rotatable bonds is 2. The minimum Gasteiger partial charge on any atom is -0.309 e. The van der Waals surface area contributed by atoms with Crippen LogP contribution in [0.5, 0.6) is 0 Å². The van der Waals surface area contributed by atoms with E-state index < -0.39 is 56.7 Å². The monoisotopic (exact) mass is 444 g/mol. The lowest BCUT2D eigenvalue weighted by atomic mass is 10.2. The van der Waals surface area contributed by atoms with E-state index in [4.69, 9.17) is 0 Å². The molecule has 3 atom stereocenters. The van der Waals surface area contributed by atoms with Gasteiger partial charge in [0.1, 0.15) is 6.61 Å². The summed E-state index contributed by atoms with van der Waals surface area (Å²) in [6, 6.07) is -5.67. The Morgan fingerprint density at radius 1 is 0.815 bits per heavy atom. The first kappa shape index (κ1) is 28.1. The van der Waals surface area contributed by atoms with Crippen molar-refractivity contribution in [1.29, 1.82) is 0 Å². The van der Waals surface area contributed by atoms with Gasteiger partial charge in [-0.15, -0.1) is 0 Å². The maximum atomic E-state index is 13.7. The van der Waals surface area contributed by atoms with Crippen molar-refractivity contribution >= 4 is 0 Å². The van der Waals surface area contributed by atoms with E-state index in [-0.39, 0.29) is 0 Å². The zero-order chi connectivity index (χ0) is 22.5. The molecule has 1 saturated heterocycles. The first-order valence-electron chi connectivity index (χ1n) is 5.90. The van der Waals surface area contributed by atoms with E-state index in [0.717, 1.165) is 0 Å². The van der Waals surface area contributed by atoms with E-state index in [1.165, 1.54) is 0 Å². The van der Waals surface area contributed by atoms with Crippen LogP contribution in [0.15, 0.2) is 0 Å². The molecule has 0 aromatic heterocycles. The van der Waals surface area contributed by atoms with Crippen molar-refractivity contribution < 1.29 is 75.7 Å². The van der Waals surface area contributed by atoms with E-state index in [1.807, 2.05) is 0 Å². The molecule has 1 fully saturated rings. The Kier molecular flexibility index (Phi) is 9.30. The molecule has 0 spiro atoms.